The molecule has 2 N–H and O–H groups in total. The van der Waals surface area contributed by atoms with Gasteiger partial charge in [0.05, 0.1) is 12.8 Å². The summed E-state index contributed by atoms with van der Waals surface area (Å²) in [4.78, 5) is 32.9. The Morgan fingerprint density at radius 1 is 1.10 bits per heavy atom. The van der Waals surface area contributed by atoms with Gasteiger partial charge in [0, 0.05) is 40.0 Å². The number of carboxylic acid groups (broad SMARTS) is 1. The number of hydrogen-bond donors (Lipinski definition) is 2. The number of fused-ring (bicyclic) bond motifs is 2. The van der Waals surface area contributed by atoms with Crippen LogP contribution in [0.3, 0.4) is 0 Å². The summed E-state index contributed by atoms with van der Waals surface area (Å²) in [6.45, 7) is 5.22. The number of ether oxygens (including phenoxy) is 1. The number of aliphatic carboxylic acids is 1. The molecule has 1 amide bonds. The molecule has 0 aromatic heterocycles. The Morgan fingerprint density at radius 3 is 2.45 bits per heavy atom. The number of benzene rings is 3. The van der Waals surface area contributed by atoms with Crippen molar-refractivity contribution in [2.75, 3.05) is 23.9 Å². The maximum absolute atomic E-state index is 14.3. The maximum Gasteiger partial charge on any atom is 0.350 e. The highest BCUT2D eigenvalue weighted by Gasteiger charge is 2.53. The van der Waals surface area contributed by atoms with Crippen molar-refractivity contribution in [3.8, 4) is 5.75 Å². The molecule has 2 aliphatic rings. The number of methoxy groups -OCH3 is 1. The van der Waals surface area contributed by atoms with Crippen molar-refractivity contribution >= 4 is 40.6 Å². The lowest BCUT2D eigenvalue weighted by molar-refractivity contribution is -0.161. The Morgan fingerprint density at radius 2 is 1.80 bits per heavy atom. The van der Waals surface area contributed by atoms with Crippen molar-refractivity contribution in [2.24, 2.45) is 5.16 Å². The van der Waals surface area contributed by atoms with Crippen LogP contribution in [-0.2, 0) is 19.8 Å². The predicted octanol–water partition coefficient (Wildman–Crippen LogP) is 6.18. The Kier molecular flexibility index (Phi) is 7.23. The Hall–Kier alpha value is -4.04. The minimum absolute atomic E-state index is 0.0528. The molecule has 0 bridgehead atoms. The molecule has 1 atom stereocenters. The smallest absolute Gasteiger partial charge is 0.350 e. The number of anilines is 2. The van der Waals surface area contributed by atoms with Crippen LogP contribution in [0.4, 0.5) is 11.4 Å². The summed E-state index contributed by atoms with van der Waals surface area (Å²) in [6, 6.07) is 20.1. The summed E-state index contributed by atoms with van der Waals surface area (Å²) < 4.78 is 5.53. The first-order valence-electron chi connectivity index (χ1n) is 13.1. The van der Waals surface area contributed by atoms with Crippen molar-refractivity contribution in [2.45, 2.75) is 50.7 Å². The Bertz CT molecular complexity index is 1480. The van der Waals surface area contributed by atoms with Crippen LogP contribution < -0.4 is 15.0 Å². The van der Waals surface area contributed by atoms with Crippen LogP contribution in [-0.4, -0.2) is 42.0 Å². The molecule has 0 saturated heterocycles. The predicted molar refractivity (Wildman–Crippen MR) is 156 cm³/mol. The van der Waals surface area contributed by atoms with E-state index in [-0.39, 0.29) is 11.3 Å². The molecule has 1 fully saturated rings. The lowest BCUT2D eigenvalue weighted by Crippen LogP contribution is -2.38. The van der Waals surface area contributed by atoms with Gasteiger partial charge in [0.2, 0.25) is 5.60 Å². The van der Waals surface area contributed by atoms with Gasteiger partial charge in [-0.3, -0.25) is 4.79 Å². The number of carboxylic acids is 1. The second kappa shape index (κ2) is 10.5. The molecule has 1 aliphatic heterocycles. The standard InChI is InChI=1S/C31H32ClN3O5/c1-19(34-40-30(2,3)29(37)38)21-15-23(17-24(16-21)39-4)33-27(20-9-11-22(32)12-10-20)28(36)35-18-31(13-14-31)25-7-5-6-8-26(25)35/h5-12,15-17,27,33H,13-14,18H2,1-4H3,(H,37,38)/b34-19+. The molecule has 208 valence electrons. The molecule has 3 aromatic rings. The molecule has 0 radical (unpaired) electrons. The topological polar surface area (TPSA) is 100 Å². The van der Waals surface area contributed by atoms with Gasteiger partial charge in [-0.05, 0) is 75.1 Å². The molecule has 40 heavy (non-hydrogen) atoms. The largest absolute Gasteiger partial charge is 0.497 e. The first-order valence-corrected chi connectivity index (χ1v) is 13.5. The Balaban J connectivity index is 1.49. The van der Waals surface area contributed by atoms with Gasteiger partial charge < -0.3 is 24.9 Å². The van der Waals surface area contributed by atoms with Crippen molar-refractivity contribution in [1.29, 1.82) is 0 Å². The zero-order valence-electron chi connectivity index (χ0n) is 22.9. The zero-order valence-corrected chi connectivity index (χ0v) is 23.7. The summed E-state index contributed by atoms with van der Waals surface area (Å²) in [5, 5.41) is 17.4. The molecule has 1 heterocycles. The first kappa shape index (κ1) is 27.5. The van der Waals surface area contributed by atoms with Crippen molar-refractivity contribution in [1.82, 2.24) is 0 Å². The van der Waals surface area contributed by atoms with Crippen molar-refractivity contribution in [3.05, 3.63) is 88.4 Å². The van der Waals surface area contributed by atoms with Crippen LogP contribution in [0.15, 0.2) is 71.9 Å². The van der Waals surface area contributed by atoms with Crippen LogP contribution in [0.2, 0.25) is 5.02 Å². The molecule has 1 aliphatic carbocycles. The summed E-state index contributed by atoms with van der Waals surface area (Å²) in [5.41, 5.74) is 3.25. The number of halogens is 1. The van der Waals surface area contributed by atoms with Crippen LogP contribution in [0.1, 0.15) is 56.3 Å². The molecule has 9 heteroatoms. The van der Waals surface area contributed by atoms with Crippen LogP contribution in [0.25, 0.3) is 0 Å². The number of amides is 1. The summed E-state index contributed by atoms with van der Waals surface area (Å²) in [5.74, 6) is -0.657. The normalized spacial score (nSPS) is 16.3. The lowest BCUT2D eigenvalue weighted by Gasteiger charge is -2.27. The maximum atomic E-state index is 14.3. The number of oxime groups is 1. The molecule has 1 spiro atoms. The van der Waals surface area contributed by atoms with E-state index in [0.717, 1.165) is 24.1 Å². The van der Waals surface area contributed by atoms with Crippen LogP contribution in [0, 0.1) is 0 Å². The third-order valence-corrected chi connectivity index (χ3v) is 7.85. The molecule has 3 aromatic carbocycles. The van der Waals surface area contributed by atoms with E-state index in [1.807, 2.05) is 41.3 Å². The van der Waals surface area contributed by atoms with Gasteiger partial charge in [-0.25, -0.2) is 4.79 Å². The van der Waals surface area contributed by atoms with Gasteiger partial charge in [0.1, 0.15) is 11.8 Å². The molecule has 5 rings (SSSR count). The average molecular weight is 562 g/mol. The summed E-state index contributed by atoms with van der Waals surface area (Å²) in [6.07, 6.45) is 2.15. The van der Waals surface area contributed by atoms with Crippen molar-refractivity contribution in [3.63, 3.8) is 0 Å². The van der Waals surface area contributed by atoms with Gasteiger partial charge in [-0.1, -0.05) is 47.1 Å². The van der Waals surface area contributed by atoms with Gasteiger partial charge in [0.15, 0.2) is 0 Å². The van der Waals surface area contributed by atoms with E-state index in [4.69, 9.17) is 21.2 Å². The lowest BCUT2D eigenvalue weighted by atomic mass is 9.99. The van der Waals surface area contributed by atoms with Gasteiger partial charge in [-0.15, -0.1) is 0 Å². The van der Waals surface area contributed by atoms with E-state index >= 15 is 0 Å². The van der Waals surface area contributed by atoms with E-state index in [1.165, 1.54) is 19.4 Å². The van der Waals surface area contributed by atoms with Crippen LogP contribution >= 0.6 is 11.6 Å². The van der Waals surface area contributed by atoms with E-state index < -0.39 is 17.6 Å². The second-order valence-corrected chi connectivity index (χ2v) is 11.3. The van der Waals surface area contributed by atoms with Gasteiger partial charge in [-0.2, -0.15) is 0 Å². The second-order valence-electron chi connectivity index (χ2n) is 10.9. The molecule has 8 nitrogen and oxygen atoms in total. The molecule has 1 unspecified atom stereocenters. The monoisotopic (exact) mass is 561 g/mol. The minimum atomic E-state index is -1.49. The number of hydrogen-bond acceptors (Lipinski definition) is 6. The summed E-state index contributed by atoms with van der Waals surface area (Å²) >= 11 is 6.18. The van der Waals surface area contributed by atoms with E-state index in [1.54, 1.807) is 38.3 Å². The highest BCUT2D eigenvalue weighted by molar-refractivity contribution is 6.30. The average Bonchev–Trinajstić information content (AvgIpc) is 3.66. The van der Waals surface area contributed by atoms with E-state index in [9.17, 15) is 14.7 Å². The minimum Gasteiger partial charge on any atom is -0.497 e. The van der Waals surface area contributed by atoms with Gasteiger partial charge >= 0.3 is 5.97 Å². The fourth-order valence-corrected chi connectivity index (χ4v) is 5.08. The fourth-order valence-electron chi connectivity index (χ4n) is 4.95. The number of rotatable bonds is 9. The number of nitrogens with zero attached hydrogens (tertiary/aromatic N) is 2. The third-order valence-electron chi connectivity index (χ3n) is 7.59. The number of nitrogens with one attached hydrogen (secondary N) is 1. The number of carbonyl (C=O) groups is 2. The molecular weight excluding hydrogens is 530 g/mol. The fraction of sp³-hybridized carbons (Fsp3) is 0.323. The highest BCUT2D eigenvalue weighted by Crippen LogP contribution is 2.56. The molecular formula is C31H32ClN3O5. The first-order chi connectivity index (χ1) is 19.0. The third kappa shape index (κ3) is 5.36. The highest BCUT2D eigenvalue weighted by atomic mass is 35.5. The van der Waals surface area contributed by atoms with E-state index in [2.05, 4.69) is 16.5 Å². The summed E-state index contributed by atoms with van der Waals surface area (Å²) in [7, 11) is 1.55. The van der Waals surface area contributed by atoms with Crippen molar-refractivity contribution < 1.29 is 24.3 Å². The van der Waals surface area contributed by atoms with Crippen LogP contribution in [0.5, 0.6) is 5.75 Å². The molecule has 1 saturated carbocycles. The van der Waals surface area contributed by atoms with Gasteiger partial charge in [0.25, 0.3) is 5.91 Å². The zero-order chi connectivity index (χ0) is 28.7. The van der Waals surface area contributed by atoms with E-state index in [0.29, 0.717) is 34.3 Å². The number of para-hydroxylation sites is 1. The quantitative estimate of drug-likeness (QED) is 0.239. The number of carbonyl (C=O) groups excluding carboxylic acids is 1. The SMILES string of the molecule is COc1cc(NC(C(=O)N2CC3(CC3)c3ccccc32)c2ccc(Cl)cc2)cc(/C(C)=N/OC(C)(C)C(=O)O)c1. The Labute approximate surface area is 238 Å².